The van der Waals surface area contributed by atoms with Crippen LogP contribution < -0.4 is 10.1 Å². The SMILES string of the molecule is CCOc1cc(C)nc(NC2CCCCC2(C)C)n1. The Bertz CT molecular complexity index is 431. The number of hydrogen-bond donors (Lipinski definition) is 1. The third kappa shape index (κ3) is 3.58. The highest BCUT2D eigenvalue weighted by molar-refractivity contribution is 5.32. The average molecular weight is 263 g/mol. The minimum atomic E-state index is 0.303. The summed E-state index contributed by atoms with van der Waals surface area (Å²) < 4.78 is 5.48. The van der Waals surface area contributed by atoms with Crippen LogP contribution in [-0.4, -0.2) is 22.6 Å². The van der Waals surface area contributed by atoms with Crippen molar-refractivity contribution in [3.05, 3.63) is 11.8 Å². The molecular formula is C15H25N3O. The lowest BCUT2D eigenvalue weighted by molar-refractivity contribution is 0.216. The summed E-state index contributed by atoms with van der Waals surface area (Å²) in [6, 6.07) is 2.32. The zero-order chi connectivity index (χ0) is 13.9. The van der Waals surface area contributed by atoms with E-state index < -0.39 is 0 Å². The van der Waals surface area contributed by atoms with Gasteiger partial charge < -0.3 is 10.1 Å². The van der Waals surface area contributed by atoms with Crippen molar-refractivity contribution in [3.63, 3.8) is 0 Å². The second-order valence-corrected chi connectivity index (χ2v) is 6.04. The zero-order valence-electron chi connectivity index (χ0n) is 12.5. The standard InChI is InChI=1S/C15H25N3O/c1-5-19-13-10-11(2)16-14(18-13)17-12-8-6-7-9-15(12,3)4/h10,12H,5-9H2,1-4H3,(H,16,17,18). The van der Waals surface area contributed by atoms with Crippen LogP contribution in [0.4, 0.5) is 5.95 Å². The Kier molecular flexibility index (Phi) is 4.27. The maximum Gasteiger partial charge on any atom is 0.226 e. The molecule has 0 aliphatic heterocycles. The quantitative estimate of drug-likeness (QED) is 0.902. The number of aryl methyl sites for hydroxylation is 1. The molecular weight excluding hydrogens is 238 g/mol. The first-order valence-electron chi connectivity index (χ1n) is 7.26. The molecule has 1 aliphatic rings. The third-order valence-corrected chi connectivity index (χ3v) is 3.93. The minimum absolute atomic E-state index is 0.303. The molecule has 0 saturated heterocycles. The van der Waals surface area contributed by atoms with Gasteiger partial charge in [-0.05, 0) is 32.1 Å². The fraction of sp³-hybridized carbons (Fsp3) is 0.733. The average Bonchev–Trinajstić information content (AvgIpc) is 2.31. The molecule has 1 atom stereocenters. The van der Waals surface area contributed by atoms with E-state index in [1.165, 1.54) is 25.7 Å². The molecule has 1 aromatic heterocycles. The molecule has 1 saturated carbocycles. The van der Waals surface area contributed by atoms with Crippen molar-refractivity contribution in [2.45, 2.75) is 59.4 Å². The molecule has 0 amide bonds. The van der Waals surface area contributed by atoms with Crippen LogP contribution in [0.5, 0.6) is 5.88 Å². The number of nitrogens with one attached hydrogen (secondary N) is 1. The normalized spacial score (nSPS) is 22.0. The van der Waals surface area contributed by atoms with Crippen molar-refractivity contribution in [2.24, 2.45) is 5.41 Å². The molecule has 19 heavy (non-hydrogen) atoms. The maximum absolute atomic E-state index is 5.48. The molecule has 1 heterocycles. The van der Waals surface area contributed by atoms with Crippen LogP contribution >= 0.6 is 0 Å². The molecule has 1 unspecified atom stereocenters. The molecule has 0 bridgehead atoms. The van der Waals surface area contributed by atoms with Gasteiger partial charge in [-0.15, -0.1) is 0 Å². The van der Waals surface area contributed by atoms with Gasteiger partial charge in [-0.2, -0.15) is 4.98 Å². The maximum atomic E-state index is 5.48. The van der Waals surface area contributed by atoms with E-state index in [4.69, 9.17) is 4.74 Å². The first-order chi connectivity index (χ1) is 9.01. The molecule has 4 heteroatoms. The van der Waals surface area contributed by atoms with E-state index in [0.29, 0.717) is 29.9 Å². The second kappa shape index (κ2) is 5.76. The Morgan fingerprint density at radius 2 is 2.16 bits per heavy atom. The molecule has 0 radical (unpaired) electrons. The molecule has 0 aromatic carbocycles. The Morgan fingerprint density at radius 1 is 1.37 bits per heavy atom. The topological polar surface area (TPSA) is 47.0 Å². The largest absolute Gasteiger partial charge is 0.478 e. The van der Waals surface area contributed by atoms with Crippen LogP contribution in [0.15, 0.2) is 6.07 Å². The van der Waals surface area contributed by atoms with Gasteiger partial charge in [-0.25, -0.2) is 4.98 Å². The van der Waals surface area contributed by atoms with E-state index in [1.807, 2.05) is 19.9 Å². The van der Waals surface area contributed by atoms with Gasteiger partial charge in [-0.3, -0.25) is 0 Å². The summed E-state index contributed by atoms with van der Waals surface area (Å²) in [5.41, 5.74) is 1.24. The summed E-state index contributed by atoms with van der Waals surface area (Å²) in [5.74, 6) is 1.36. The van der Waals surface area contributed by atoms with Crippen LogP contribution in [0.2, 0.25) is 0 Å². The van der Waals surface area contributed by atoms with Crippen molar-refractivity contribution in [2.75, 3.05) is 11.9 Å². The van der Waals surface area contributed by atoms with E-state index in [9.17, 15) is 0 Å². The molecule has 2 rings (SSSR count). The van der Waals surface area contributed by atoms with Gasteiger partial charge in [0, 0.05) is 17.8 Å². The minimum Gasteiger partial charge on any atom is -0.478 e. The molecule has 1 aliphatic carbocycles. The number of aromatic nitrogens is 2. The Labute approximate surface area is 116 Å². The van der Waals surface area contributed by atoms with Crippen molar-refractivity contribution < 1.29 is 4.74 Å². The summed E-state index contributed by atoms with van der Waals surface area (Å²) in [7, 11) is 0. The number of anilines is 1. The van der Waals surface area contributed by atoms with Gasteiger partial charge in [0.1, 0.15) is 0 Å². The number of ether oxygens (including phenoxy) is 1. The van der Waals surface area contributed by atoms with Gasteiger partial charge in [0.2, 0.25) is 11.8 Å². The number of hydrogen-bond acceptors (Lipinski definition) is 4. The van der Waals surface area contributed by atoms with E-state index in [1.54, 1.807) is 0 Å². The lowest BCUT2D eigenvalue weighted by Gasteiger charge is -2.39. The van der Waals surface area contributed by atoms with Gasteiger partial charge in [-0.1, -0.05) is 26.7 Å². The molecule has 1 fully saturated rings. The van der Waals surface area contributed by atoms with Crippen LogP contribution in [0.1, 0.15) is 52.1 Å². The van der Waals surface area contributed by atoms with Gasteiger partial charge in [0.05, 0.1) is 6.61 Å². The van der Waals surface area contributed by atoms with Crippen molar-refractivity contribution in [3.8, 4) is 5.88 Å². The van der Waals surface area contributed by atoms with E-state index in [-0.39, 0.29) is 0 Å². The van der Waals surface area contributed by atoms with Crippen molar-refractivity contribution in [1.29, 1.82) is 0 Å². The van der Waals surface area contributed by atoms with Gasteiger partial charge >= 0.3 is 0 Å². The molecule has 0 spiro atoms. The summed E-state index contributed by atoms with van der Waals surface area (Å²) in [5, 5.41) is 3.51. The molecule has 106 valence electrons. The number of rotatable bonds is 4. The molecule has 1 N–H and O–H groups in total. The van der Waals surface area contributed by atoms with Gasteiger partial charge in [0.25, 0.3) is 0 Å². The fourth-order valence-electron chi connectivity index (χ4n) is 2.74. The zero-order valence-corrected chi connectivity index (χ0v) is 12.5. The summed E-state index contributed by atoms with van der Waals surface area (Å²) in [6.45, 7) is 9.22. The Balaban J connectivity index is 2.13. The summed E-state index contributed by atoms with van der Waals surface area (Å²) in [4.78, 5) is 8.91. The van der Waals surface area contributed by atoms with Crippen LogP contribution in [-0.2, 0) is 0 Å². The summed E-state index contributed by atoms with van der Waals surface area (Å²) in [6.07, 6.45) is 5.05. The Hall–Kier alpha value is -1.32. The first kappa shape index (κ1) is 14.1. The van der Waals surface area contributed by atoms with E-state index in [2.05, 4.69) is 29.1 Å². The van der Waals surface area contributed by atoms with E-state index in [0.717, 1.165) is 5.69 Å². The lowest BCUT2D eigenvalue weighted by Crippen LogP contribution is -2.39. The second-order valence-electron chi connectivity index (χ2n) is 6.04. The predicted molar refractivity (Wildman–Crippen MR) is 77.6 cm³/mol. The Morgan fingerprint density at radius 3 is 2.84 bits per heavy atom. The number of nitrogens with zero attached hydrogens (tertiary/aromatic N) is 2. The summed E-state index contributed by atoms with van der Waals surface area (Å²) >= 11 is 0. The highest BCUT2D eigenvalue weighted by atomic mass is 16.5. The monoisotopic (exact) mass is 263 g/mol. The van der Waals surface area contributed by atoms with Crippen molar-refractivity contribution in [1.82, 2.24) is 9.97 Å². The molecule has 1 aromatic rings. The molecule has 4 nitrogen and oxygen atoms in total. The smallest absolute Gasteiger partial charge is 0.226 e. The fourth-order valence-corrected chi connectivity index (χ4v) is 2.74. The third-order valence-electron chi connectivity index (χ3n) is 3.93. The van der Waals surface area contributed by atoms with Gasteiger partial charge in [0.15, 0.2) is 0 Å². The van der Waals surface area contributed by atoms with Crippen LogP contribution in [0.3, 0.4) is 0 Å². The van der Waals surface area contributed by atoms with Crippen LogP contribution in [0, 0.1) is 12.3 Å². The predicted octanol–water partition coefficient (Wildman–Crippen LogP) is 3.56. The van der Waals surface area contributed by atoms with E-state index >= 15 is 0 Å². The van der Waals surface area contributed by atoms with Crippen molar-refractivity contribution >= 4 is 5.95 Å². The lowest BCUT2D eigenvalue weighted by atomic mass is 9.73. The first-order valence-corrected chi connectivity index (χ1v) is 7.26. The highest BCUT2D eigenvalue weighted by Crippen LogP contribution is 2.36. The highest BCUT2D eigenvalue weighted by Gasteiger charge is 2.32. The van der Waals surface area contributed by atoms with Crippen LogP contribution in [0.25, 0.3) is 0 Å².